The van der Waals surface area contributed by atoms with E-state index < -0.39 is 12.0 Å². The Bertz CT molecular complexity index is 181. The third kappa shape index (κ3) is 2.24. The van der Waals surface area contributed by atoms with Gasteiger partial charge in [-0.25, -0.2) is 0 Å². The number of alkyl halides is 3. The largest absolute Gasteiger partial charge is 1.00 e. The van der Waals surface area contributed by atoms with Gasteiger partial charge >= 0.3 is 35.7 Å². The molecule has 0 aliphatic carbocycles. The maximum atomic E-state index is 11.4. The van der Waals surface area contributed by atoms with E-state index in [1.807, 2.05) is 0 Å². The predicted octanol–water partition coefficient (Wildman–Crippen LogP) is -2.78. The summed E-state index contributed by atoms with van der Waals surface area (Å²) in [5, 5.41) is 9.85. The average molecular weight is 161 g/mol. The van der Waals surface area contributed by atoms with E-state index >= 15 is 0 Å². The molecule has 0 bridgehead atoms. The minimum absolute atomic E-state index is 0. The molecule has 1 aromatic heterocycles. The summed E-state index contributed by atoms with van der Waals surface area (Å²) >= 11 is 0. The van der Waals surface area contributed by atoms with Crippen LogP contribution in [0.2, 0.25) is 0 Å². The van der Waals surface area contributed by atoms with Gasteiger partial charge in [-0.15, -0.1) is 10.2 Å². The van der Waals surface area contributed by atoms with E-state index in [1.54, 1.807) is 5.21 Å². The van der Waals surface area contributed by atoms with Gasteiger partial charge in [0.25, 0.3) is 5.82 Å². The number of tetrazole rings is 1. The Hall–Kier alpha value is -0.140. The SMILES string of the molecule is FC(F)(F)c1nn[nH]n1.[Na+]. The fourth-order valence-electron chi connectivity index (χ4n) is 0.282. The molecule has 0 aliphatic heterocycles. The number of aromatic nitrogens is 4. The van der Waals surface area contributed by atoms with Crippen LogP contribution < -0.4 is 29.6 Å². The van der Waals surface area contributed by atoms with Crippen molar-refractivity contribution in [2.45, 2.75) is 6.18 Å². The first kappa shape index (κ1) is 9.86. The number of nitrogens with one attached hydrogen (secondary N) is 1. The number of rotatable bonds is 0. The van der Waals surface area contributed by atoms with E-state index in [9.17, 15) is 13.2 Å². The van der Waals surface area contributed by atoms with Gasteiger partial charge in [0.05, 0.1) is 0 Å². The molecule has 0 aliphatic rings. The summed E-state index contributed by atoms with van der Waals surface area (Å²) in [6, 6.07) is 0. The molecule has 8 heteroatoms. The quantitative estimate of drug-likeness (QED) is 0.419. The summed E-state index contributed by atoms with van der Waals surface area (Å²) < 4.78 is 34.3. The van der Waals surface area contributed by atoms with Crippen LogP contribution in [0.15, 0.2) is 0 Å². The molecule has 10 heavy (non-hydrogen) atoms. The second-order valence-corrected chi connectivity index (χ2v) is 1.23. The maximum Gasteiger partial charge on any atom is 1.00 e. The number of hydrogen-bond acceptors (Lipinski definition) is 3. The summed E-state index contributed by atoms with van der Waals surface area (Å²) in [4.78, 5) is 0. The number of H-pyrrole nitrogens is 1. The number of halogens is 3. The van der Waals surface area contributed by atoms with Crippen LogP contribution in [0.4, 0.5) is 13.2 Å². The minimum Gasteiger partial charge on any atom is -0.177 e. The molecule has 0 amide bonds. The molecule has 1 N–H and O–H groups in total. The Kier molecular flexibility index (Phi) is 3.26. The van der Waals surface area contributed by atoms with Gasteiger partial charge in [-0.05, 0) is 5.21 Å². The van der Waals surface area contributed by atoms with Crippen molar-refractivity contribution in [1.29, 1.82) is 0 Å². The van der Waals surface area contributed by atoms with E-state index in [4.69, 9.17) is 0 Å². The smallest absolute Gasteiger partial charge is 0.177 e. The van der Waals surface area contributed by atoms with E-state index in [2.05, 4.69) is 15.4 Å². The van der Waals surface area contributed by atoms with E-state index in [0.717, 1.165) is 0 Å². The monoisotopic (exact) mass is 161 g/mol. The van der Waals surface area contributed by atoms with Crippen molar-refractivity contribution in [3.63, 3.8) is 0 Å². The topological polar surface area (TPSA) is 54.5 Å². The Morgan fingerprint density at radius 3 is 2.10 bits per heavy atom. The van der Waals surface area contributed by atoms with E-state index in [1.165, 1.54) is 0 Å². The van der Waals surface area contributed by atoms with Crippen LogP contribution in [-0.4, -0.2) is 20.6 Å². The Morgan fingerprint density at radius 2 is 1.90 bits per heavy atom. The molecule has 50 valence electrons. The van der Waals surface area contributed by atoms with Crippen LogP contribution in [0.25, 0.3) is 0 Å². The van der Waals surface area contributed by atoms with Crippen molar-refractivity contribution >= 4 is 0 Å². The summed E-state index contributed by atoms with van der Waals surface area (Å²) in [5.74, 6) is -1.25. The fraction of sp³-hybridized carbons (Fsp3) is 0.500. The Morgan fingerprint density at radius 1 is 1.30 bits per heavy atom. The first-order chi connectivity index (χ1) is 4.11. The van der Waals surface area contributed by atoms with E-state index in [0.29, 0.717) is 0 Å². The van der Waals surface area contributed by atoms with Crippen LogP contribution >= 0.6 is 0 Å². The molecule has 0 atom stereocenters. The van der Waals surface area contributed by atoms with Gasteiger partial charge in [0.1, 0.15) is 0 Å². The molecule has 0 unspecified atom stereocenters. The molecule has 0 aromatic carbocycles. The first-order valence-electron chi connectivity index (χ1n) is 1.91. The molecule has 0 saturated carbocycles. The van der Waals surface area contributed by atoms with Crippen molar-refractivity contribution < 1.29 is 42.7 Å². The van der Waals surface area contributed by atoms with Gasteiger partial charge in [-0.3, -0.25) is 0 Å². The first-order valence-corrected chi connectivity index (χ1v) is 1.91. The predicted molar refractivity (Wildman–Crippen MR) is 19.2 cm³/mol. The molecule has 1 aromatic rings. The van der Waals surface area contributed by atoms with Gasteiger partial charge in [-0.2, -0.15) is 18.4 Å². The van der Waals surface area contributed by atoms with Crippen LogP contribution in [0.5, 0.6) is 0 Å². The van der Waals surface area contributed by atoms with Crippen LogP contribution in [-0.2, 0) is 6.18 Å². The molecule has 4 nitrogen and oxygen atoms in total. The van der Waals surface area contributed by atoms with Crippen molar-refractivity contribution in [1.82, 2.24) is 20.6 Å². The number of aromatic amines is 1. The van der Waals surface area contributed by atoms with Gasteiger partial charge in [-0.1, -0.05) is 0 Å². The normalized spacial score (nSPS) is 10.7. The molecule has 1 heterocycles. The molecular formula is C2HF3N4Na+. The number of nitrogens with zero attached hydrogens (tertiary/aromatic N) is 3. The maximum absolute atomic E-state index is 11.4. The molecule has 0 spiro atoms. The Labute approximate surface area is 75.5 Å². The second kappa shape index (κ2) is 3.31. The molecule has 0 radical (unpaired) electrons. The van der Waals surface area contributed by atoms with Crippen LogP contribution in [0.3, 0.4) is 0 Å². The standard InChI is InChI=1S/C2HF3N4.Na/c3-2(4,5)1-6-8-9-7-1;/h(H,6,7,8,9);/q;+1. The van der Waals surface area contributed by atoms with Gasteiger partial charge < -0.3 is 0 Å². The third-order valence-electron chi connectivity index (χ3n) is 0.599. The zero-order valence-electron chi connectivity index (χ0n) is 4.98. The summed E-state index contributed by atoms with van der Waals surface area (Å²) in [6.45, 7) is 0. The van der Waals surface area contributed by atoms with Crippen molar-refractivity contribution in [2.75, 3.05) is 0 Å². The molecular weight excluding hydrogens is 160 g/mol. The average Bonchev–Trinajstić information content (AvgIpc) is 2.08. The second-order valence-electron chi connectivity index (χ2n) is 1.23. The summed E-state index contributed by atoms with van der Waals surface area (Å²) in [7, 11) is 0. The molecule has 0 saturated heterocycles. The summed E-state index contributed by atoms with van der Waals surface area (Å²) in [6.07, 6.45) is -4.49. The van der Waals surface area contributed by atoms with Crippen LogP contribution in [0.1, 0.15) is 5.82 Å². The summed E-state index contributed by atoms with van der Waals surface area (Å²) in [5.41, 5.74) is 0. The van der Waals surface area contributed by atoms with Gasteiger partial charge in [0.2, 0.25) is 0 Å². The Balaban J connectivity index is 0.000000810. The zero-order valence-corrected chi connectivity index (χ0v) is 6.98. The van der Waals surface area contributed by atoms with Gasteiger partial charge in [0.15, 0.2) is 0 Å². The van der Waals surface area contributed by atoms with Crippen molar-refractivity contribution in [2.24, 2.45) is 0 Å². The molecule has 0 fully saturated rings. The minimum atomic E-state index is -4.49. The van der Waals surface area contributed by atoms with Crippen molar-refractivity contribution in [3.05, 3.63) is 5.82 Å². The van der Waals surface area contributed by atoms with E-state index in [-0.39, 0.29) is 29.6 Å². The number of hydrogen-bond donors (Lipinski definition) is 1. The molecule has 1 rings (SSSR count). The fourth-order valence-corrected chi connectivity index (χ4v) is 0.282. The van der Waals surface area contributed by atoms with Crippen LogP contribution in [0, 0.1) is 0 Å². The van der Waals surface area contributed by atoms with Gasteiger partial charge in [0, 0.05) is 0 Å². The zero-order chi connectivity index (χ0) is 6.91. The van der Waals surface area contributed by atoms with Crippen molar-refractivity contribution in [3.8, 4) is 0 Å². The third-order valence-corrected chi connectivity index (χ3v) is 0.599.